The predicted molar refractivity (Wildman–Crippen MR) is 57.2 cm³/mol. The van der Waals surface area contributed by atoms with Gasteiger partial charge < -0.3 is 10.3 Å². The summed E-state index contributed by atoms with van der Waals surface area (Å²) in [4.78, 5) is 0. The predicted octanol–water partition coefficient (Wildman–Crippen LogP) is 1.10. The van der Waals surface area contributed by atoms with Crippen LogP contribution in [-0.2, 0) is 7.05 Å². The first-order valence-electron chi connectivity index (χ1n) is 4.96. The zero-order valence-corrected chi connectivity index (χ0v) is 9.42. The van der Waals surface area contributed by atoms with Gasteiger partial charge in [0.05, 0.1) is 0 Å². The molecule has 2 atom stereocenters. The van der Waals surface area contributed by atoms with E-state index in [4.69, 9.17) is 5.73 Å². The van der Waals surface area contributed by atoms with Crippen LogP contribution < -0.4 is 5.73 Å². The third-order valence-corrected chi connectivity index (χ3v) is 4.27. The summed E-state index contributed by atoms with van der Waals surface area (Å²) in [7, 11) is 2.00. The number of hydrogen-bond acceptors (Lipinski definition) is 4. The van der Waals surface area contributed by atoms with Crippen molar-refractivity contribution in [3.63, 3.8) is 0 Å². The molecule has 1 aliphatic rings. The van der Waals surface area contributed by atoms with Crippen LogP contribution in [0.2, 0.25) is 0 Å². The van der Waals surface area contributed by atoms with Gasteiger partial charge in [-0.25, -0.2) is 0 Å². The molecule has 1 saturated carbocycles. The Hall–Kier alpha value is -0.550. The van der Waals surface area contributed by atoms with E-state index >= 15 is 0 Å². The molecule has 78 valence electrons. The molecule has 0 aromatic carbocycles. The molecule has 5 heteroatoms. The number of hydrogen-bond donors (Lipinski definition) is 1. The zero-order valence-electron chi connectivity index (χ0n) is 8.60. The summed E-state index contributed by atoms with van der Waals surface area (Å²) in [5.41, 5.74) is 6.01. The van der Waals surface area contributed by atoms with Gasteiger partial charge in [-0.15, -0.1) is 10.2 Å². The maximum atomic E-state index is 6.01. The van der Waals surface area contributed by atoms with Crippen molar-refractivity contribution in [2.45, 2.75) is 42.6 Å². The minimum atomic E-state index is 0.331. The average Bonchev–Trinajstić information content (AvgIpc) is 2.68. The van der Waals surface area contributed by atoms with Crippen molar-refractivity contribution in [3.05, 3.63) is 5.82 Å². The van der Waals surface area contributed by atoms with E-state index in [9.17, 15) is 0 Å². The first kappa shape index (κ1) is 9.98. The molecule has 1 aromatic rings. The van der Waals surface area contributed by atoms with Gasteiger partial charge in [0.25, 0.3) is 0 Å². The highest BCUT2D eigenvalue weighted by Crippen LogP contribution is 2.32. The van der Waals surface area contributed by atoms with Gasteiger partial charge in [-0.1, -0.05) is 18.2 Å². The van der Waals surface area contributed by atoms with Gasteiger partial charge in [0.1, 0.15) is 5.82 Å². The van der Waals surface area contributed by atoms with E-state index in [0.717, 1.165) is 17.4 Å². The van der Waals surface area contributed by atoms with E-state index in [1.165, 1.54) is 12.8 Å². The van der Waals surface area contributed by atoms with Crippen LogP contribution >= 0.6 is 11.8 Å². The Morgan fingerprint density at radius 2 is 2.21 bits per heavy atom. The molecule has 0 spiro atoms. The minimum absolute atomic E-state index is 0.331. The van der Waals surface area contributed by atoms with Crippen molar-refractivity contribution in [2.24, 2.45) is 12.8 Å². The maximum Gasteiger partial charge on any atom is 0.191 e. The smallest absolute Gasteiger partial charge is 0.191 e. The van der Waals surface area contributed by atoms with Gasteiger partial charge in [0.2, 0.25) is 0 Å². The molecule has 0 bridgehead atoms. The van der Waals surface area contributed by atoms with Crippen molar-refractivity contribution in [3.8, 4) is 0 Å². The van der Waals surface area contributed by atoms with Crippen molar-refractivity contribution in [2.75, 3.05) is 0 Å². The van der Waals surface area contributed by atoms with E-state index in [1.54, 1.807) is 11.8 Å². The lowest BCUT2D eigenvalue weighted by Gasteiger charge is -2.13. The number of nitrogens with two attached hydrogens (primary N) is 1. The normalized spacial score (nSPS) is 27.1. The fourth-order valence-corrected chi connectivity index (χ4v) is 2.97. The molecule has 0 amide bonds. The highest BCUT2D eigenvalue weighted by molar-refractivity contribution is 7.99. The fraction of sp³-hybridized carbons (Fsp3) is 0.778. The van der Waals surface area contributed by atoms with Gasteiger partial charge in [0, 0.05) is 18.3 Å². The summed E-state index contributed by atoms with van der Waals surface area (Å²) in [5, 5.41) is 9.68. The lowest BCUT2D eigenvalue weighted by atomic mass is 10.3. The molecule has 4 nitrogen and oxygen atoms in total. The first-order valence-corrected chi connectivity index (χ1v) is 5.84. The largest absolute Gasteiger partial charge is 0.327 e. The molecule has 2 rings (SSSR count). The number of aryl methyl sites for hydroxylation is 1. The average molecular weight is 212 g/mol. The molecule has 14 heavy (non-hydrogen) atoms. The fourth-order valence-electron chi connectivity index (χ4n) is 1.73. The number of nitrogens with zero attached hydrogens (tertiary/aromatic N) is 3. The van der Waals surface area contributed by atoms with Gasteiger partial charge in [-0.05, 0) is 19.8 Å². The second-order valence-corrected chi connectivity index (χ2v) is 5.05. The molecule has 2 N–H and O–H groups in total. The molecule has 1 heterocycles. The third-order valence-electron chi connectivity index (χ3n) is 2.81. The number of rotatable bonds is 2. The van der Waals surface area contributed by atoms with Gasteiger partial charge in [-0.3, -0.25) is 0 Å². The van der Waals surface area contributed by atoms with Crippen LogP contribution in [0.5, 0.6) is 0 Å². The molecule has 0 aliphatic heterocycles. The second-order valence-electron chi connectivity index (χ2n) is 3.84. The first-order chi connectivity index (χ1) is 6.68. The third kappa shape index (κ3) is 1.79. The number of aromatic nitrogens is 3. The Morgan fingerprint density at radius 3 is 2.71 bits per heavy atom. The van der Waals surface area contributed by atoms with Gasteiger partial charge >= 0.3 is 0 Å². The lowest BCUT2D eigenvalue weighted by molar-refractivity contribution is 0.706. The molecule has 1 fully saturated rings. The van der Waals surface area contributed by atoms with Crippen molar-refractivity contribution >= 4 is 11.8 Å². The molecule has 1 aromatic heterocycles. The Morgan fingerprint density at radius 1 is 1.43 bits per heavy atom. The summed E-state index contributed by atoms with van der Waals surface area (Å²) in [6.45, 7) is 1.96. The number of thioether (sulfide) groups is 1. The molecular weight excluding hydrogens is 196 g/mol. The minimum Gasteiger partial charge on any atom is -0.327 e. The van der Waals surface area contributed by atoms with E-state index in [2.05, 4.69) is 10.2 Å². The van der Waals surface area contributed by atoms with Crippen LogP contribution in [0.3, 0.4) is 0 Å². The summed E-state index contributed by atoms with van der Waals surface area (Å²) < 4.78 is 2.02. The molecular formula is C9H16N4S. The summed E-state index contributed by atoms with van der Waals surface area (Å²) in [6, 6.07) is 0.331. The highest BCUT2D eigenvalue weighted by Gasteiger charge is 2.26. The SMILES string of the molecule is Cc1nnc(SC2CCCC2N)n1C. The van der Waals surface area contributed by atoms with E-state index in [1.807, 2.05) is 18.5 Å². The topological polar surface area (TPSA) is 56.7 Å². The van der Waals surface area contributed by atoms with Crippen LogP contribution in [0, 0.1) is 6.92 Å². The molecule has 0 saturated heterocycles. The van der Waals surface area contributed by atoms with E-state index in [-0.39, 0.29) is 0 Å². The molecule has 1 aliphatic carbocycles. The second kappa shape index (κ2) is 3.90. The van der Waals surface area contributed by atoms with Crippen LogP contribution in [-0.4, -0.2) is 26.1 Å². The maximum absolute atomic E-state index is 6.01. The van der Waals surface area contributed by atoms with E-state index < -0.39 is 0 Å². The zero-order chi connectivity index (χ0) is 10.1. The Bertz CT molecular complexity index is 323. The monoisotopic (exact) mass is 212 g/mol. The van der Waals surface area contributed by atoms with Crippen LogP contribution in [0.4, 0.5) is 0 Å². The summed E-state index contributed by atoms with van der Waals surface area (Å²) in [6.07, 6.45) is 3.60. The Balaban J connectivity index is 2.07. The van der Waals surface area contributed by atoms with E-state index in [0.29, 0.717) is 11.3 Å². The standard InChI is InChI=1S/C9H16N4S/c1-6-11-12-9(13(6)2)14-8-5-3-4-7(8)10/h7-8H,3-5,10H2,1-2H3. The lowest BCUT2D eigenvalue weighted by Crippen LogP contribution is -2.26. The van der Waals surface area contributed by atoms with Gasteiger partial charge in [-0.2, -0.15) is 0 Å². The quantitative estimate of drug-likeness (QED) is 0.797. The van der Waals surface area contributed by atoms with Crippen LogP contribution in [0.1, 0.15) is 25.1 Å². The summed E-state index contributed by atoms with van der Waals surface area (Å²) in [5.74, 6) is 0.957. The molecule has 0 radical (unpaired) electrons. The van der Waals surface area contributed by atoms with Crippen LogP contribution in [0.15, 0.2) is 5.16 Å². The van der Waals surface area contributed by atoms with Crippen molar-refractivity contribution < 1.29 is 0 Å². The Kier molecular flexibility index (Phi) is 2.78. The van der Waals surface area contributed by atoms with Crippen molar-refractivity contribution in [1.82, 2.24) is 14.8 Å². The highest BCUT2D eigenvalue weighted by atomic mass is 32.2. The van der Waals surface area contributed by atoms with Crippen molar-refractivity contribution in [1.29, 1.82) is 0 Å². The van der Waals surface area contributed by atoms with Crippen LogP contribution in [0.25, 0.3) is 0 Å². The summed E-state index contributed by atoms with van der Waals surface area (Å²) >= 11 is 1.77. The van der Waals surface area contributed by atoms with Gasteiger partial charge in [0.15, 0.2) is 5.16 Å². The Labute approximate surface area is 88.3 Å². The molecule has 2 unspecified atom stereocenters.